The van der Waals surface area contributed by atoms with Crippen molar-refractivity contribution in [3.63, 3.8) is 0 Å². The van der Waals surface area contributed by atoms with E-state index in [2.05, 4.69) is 41.5 Å². The van der Waals surface area contributed by atoms with Crippen molar-refractivity contribution in [2.75, 3.05) is 0 Å². The van der Waals surface area contributed by atoms with Crippen LogP contribution in [0.1, 0.15) is 63.8 Å². The van der Waals surface area contributed by atoms with Gasteiger partial charge in [0.25, 0.3) is 0 Å². The lowest BCUT2D eigenvalue weighted by Crippen LogP contribution is -2.20. The molecule has 0 atom stereocenters. The minimum atomic E-state index is -0.980. The summed E-state index contributed by atoms with van der Waals surface area (Å²) in [5.74, 6) is -1.96. The van der Waals surface area contributed by atoms with Gasteiger partial charge in [0, 0.05) is 0 Å². The van der Waals surface area contributed by atoms with Crippen LogP contribution in [0.25, 0.3) is 0 Å². The molecule has 0 aliphatic heterocycles. The Balaban J connectivity index is 1.82. The van der Waals surface area contributed by atoms with Crippen LogP contribution in [-0.2, 0) is 43.1 Å². The molecule has 4 heteroatoms. The van der Waals surface area contributed by atoms with E-state index in [-0.39, 0.29) is 24.0 Å². The molecule has 0 fully saturated rings. The van der Waals surface area contributed by atoms with Crippen molar-refractivity contribution in [3.05, 3.63) is 70.8 Å². The molecule has 150 valence electrons. The predicted octanol–water partition coefficient (Wildman–Crippen LogP) is 5.07. The summed E-state index contributed by atoms with van der Waals surface area (Å²) in [5, 5.41) is 0. The maximum absolute atomic E-state index is 11.9. The van der Waals surface area contributed by atoms with E-state index in [0.717, 1.165) is 11.1 Å². The number of carbonyl (C=O) groups excluding carboxylic acids is 2. The lowest BCUT2D eigenvalue weighted by atomic mass is 9.87. The zero-order valence-electron chi connectivity index (χ0n) is 17.7. The van der Waals surface area contributed by atoms with Gasteiger partial charge in [-0.05, 0) is 33.1 Å². The van der Waals surface area contributed by atoms with Crippen LogP contribution < -0.4 is 0 Å². The van der Waals surface area contributed by atoms with Gasteiger partial charge in [-0.15, -0.1) is 0 Å². The van der Waals surface area contributed by atoms with Gasteiger partial charge in [0.2, 0.25) is 0 Å². The molecular formula is C24H30O4. The molecule has 0 saturated carbocycles. The van der Waals surface area contributed by atoms with E-state index >= 15 is 0 Å². The van der Waals surface area contributed by atoms with Gasteiger partial charge in [0.05, 0.1) is 0 Å². The summed E-state index contributed by atoms with van der Waals surface area (Å²) in [5.41, 5.74) is 4.16. The molecule has 0 aromatic heterocycles. The highest BCUT2D eigenvalue weighted by molar-refractivity contribution is 6.29. The van der Waals surface area contributed by atoms with Crippen molar-refractivity contribution >= 4 is 11.9 Å². The Kier molecular flexibility index (Phi) is 6.65. The third-order valence-electron chi connectivity index (χ3n) is 4.55. The second-order valence-electron chi connectivity index (χ2n) is 9.05. The molecule has 0 bridgehead atoms. The summed E-state index contributed by atoms with van der Waals surface area (Å²) < 4.78 is 10.1. The largest absolute Gasteiger partial charge is 0.452 e. The van der Waals surface area contributed by atoms with Gasteiger partial charge >= 0.3 is 11.9 Å². The molecule has 0 saturated heterocycles. The molecule has 4 nitrogen and oxygen atoms in total. The Morgan fingerprint density at radius 2 is 0.893 bits per heavy atom. The highest BCUT2D eigenvalue weighted by atomic mass is 16.6. The van der Waals surface area contributed by atoms with Gasteiger partial charge < -0.3 is 9.47 Å². The molecule has 2 aromatic carbocycles. The zero-order chi connectivity index (χ0) is 20.9. The quantitative estimate of drug-likeness (QED) is 0.547. The van der Waals surface area contributed by atoms with E-state index in [1.807, 2.05) is 48.5 Å². The number of benzene rings is 2. The summed E-state index contributed by atoms with van der Waals surface area (Å²) in [6, 6.07) is 15.6. The molecule has 0 aliphatic carbocycles. The molecule has 0 amide bonds. The first-order valence-corrected chi connectivity index (χ1v) is 9.49. The van der Waals surface area contributed by atoms with Gasteiger partial charge in [-0.1, -0.05) is 90.1 Å². The van der Waals surface area contributed by atoms with E-state index in [1.165, 1.54) is 11.1 Å². The predicted molar refractivity (Wildman–Crippen MR) is 110 cm³/mol. The van der Waals surface area contributed by atoms with E-state index in [0.29, 0.717) is 0 Å². The molecular weight excluding hydrogens is 352 g/mol. The number of carbonyl (C=O) groups is 2. The Hall–Kier alpha value is -2.62. The minimum absolute atomic E-state index is 0.0403. The summed E-state index contributed by atoms with van der Waals surface area (Å²) in [4.78, 5) is 23.7. The summed E-state index contributed by atoms with van der Waals surface area (Å²) in [6.07, 6.45) is 0. The average molecular weight is 383 g/mol. The molecule has 0 N–H and O–H groups in total. The first kappa shape index (κ1) is 21.7. The molecule has 28 heavy (non-hydrogen) atoms. The summed E-state index contributed by atoms with van der Waals surface area (Å²) in [6.45, 7) is 12.9. The van der Waals surface area contributed by atoms with Crippen molar-refractivity contribution < 1.29 is 19.1 Å². The number of esters is 2. The number of rotatable bonds is 4. The van der Waals surface area contributed by atoms with Crippen LogP contribution in [0.3, 0.4) is 0 Å². The second-order valence-corrected chi connectivity index (χ2v) is 9.05. The Morgan fingerprint density at radius 3 is 1.14 bits per heavy atom. The standard InChI is InChI=1S/C24H30O4/c1-23(2,3)19-11-7-17(8-12-19)15-27-21(25)22(26)28-16-18-9-13-20(14-10-18)24(4,5)6/h7-14H,15-16H2,1-6H3. The molecule has 0 spiro atoms. The fourth-order valence-electron chi connectivity index (χ4n) is 2.62. The van der Waals surface area contributed by atoms with Crippen LogP contribution in [0.15, 0.2) is 48.5 Å². The minimum Gasteiger partial charge on any atom is -0.452 e. The Labute approximate surface area is 167 Å². The normalized spacial score (nSPS) is 11.8. The van der Waals surface area contributed by atoms with Gasteiger partial charge in [-0.3, -0.25) is 0 Å². The maximum Gasteiger partial charge on any atom is 0.417 e. The van der Waals surface area contributed by atoms with Gasteiger partial charge in [0.15, 0.2) is 0 Å². The van der Waals surface area contributed by atoms with Crippen molar-refractivity contribution in [1.29, 1.82) is 0 Å². The van der Waals surface area contributed by atoms with Crippen LogP contribution in [0, 0.1) is 0 Å². The van der Waals surface area contributed by atoms with Crippen LogP contribution >= 0.6 is 0 Å². The van der Waals surface area contributed by atoms with E-state index in [4.69, 9.17) is 9.47 Å². The highest BCUT2D eigenvalue weighted by Gasteiger charge is 2.19. The zero-order valence-corrected chi connectivity index (χ0v) is 17.7. The van der Waals surface area contributed by atoms with Gasteiger partial charge in [0.1, 0.15) is 13.2 Å². The number of hydrogen-bond acceptors (Lipinski definition) is 4. The van der Waals surface area contributed by atoms with Crippen molar-refractivity contribution in [3.8, 4) is 0 Å². The molecule has 0 aliphatic rings. The Bertz CT molecular complexity index is 732. The van der Waals surface area contributed by atoms with Crippen LogP contribution in [0.4, 0.5) is 0 Å². The maximum atomic E-state index is 11.9. The first-order valence-electron chi connectivity index (χ1n) is 9.49. The molecule has 0 heterocycles. The Morgan fingerprint density at radius 1 is 0.607 bits per heavy atom. The van der Waals surface area contributed by atoms with Crippen LogP contribution in [0.2, 0.25) is 0 Å². The van der Waals surface area contributed by atoms with E-state index < -0.39 is 11.9 Å². The fourth-order valence-corrected chi connectivity index (χ4v) is 2.62. The summed E-state index contributed by atoms with van der Waals surface area (Å²) in [7, 11) is 0. The number of hydrogen-bond donors (Lipinski definition) is 0. The molecule has 0 unspecified atom stereocenters. The third kappa shape index (κ3) is 6.22. The fraction of sp³-hybridized carbons (Fsp3) is 0.417. The molecule has 2 rings (SSSR count). The second kappa shape index (κ2) is 8.59. The third-order valence-corrected chi connectivity index (χ3v) is 4.55. The van der Waals surface area contributed by atoms with Crippen LogP contribution in [0.5, 0.6) is 0 Å². The topological polar surface area (TPSA) is 52.6 Å². The smallest absolute Gasteiger partial charge is 0.417 e. The SMILES string of the molecule is CC(C)(C)c1ccc(COC(=O)C(=O)OCc2ccc(C(C)(C)C)cc2)cc1. The molecule has 0 radical (unpaired) electrons. The lowest BCUT2D eigenvalue weighted by molar-refractivity contribution is -0.169. The highest BCUT2D eigenvalue weighted by Crippen LogP contribution is 2.23. The summed E-state index contributed by atoms with van der Waals surface area (Å²) >= 11 is 0. The van der Waals surface area contributed by atoms with Crippen LogP contribution in [-0.4, -0.2) is 11.9 Å². The van der Waals surface area contributed by atoms with Crippen molar-refractivity contribution in [2.45, 2.75) is 65.6 Å². The molecule has 2 aromatic rings. The van der Waals surface area contributed by atoms with Gasteiger partial charge in [-0.2, -0.15) is 0 Å². The van der Waals surface area contributed by atoms with Gasteiger partial charge in [-0.25, -0.2) is 9.59 Å². The lowest BCUT2D eigenvalue weighted by Gasteiger charge is -2.19. The first-order chi connectivity index (χ1) is 13.0. The van der Waals surface area contributed by atoms with Crippen molar-refractivity contribution in [1.82, 2.24) is 0 Å². The average Bonchev–Trinajstić information content (AvgIpc) is 2.63. The van der Waals surface area contributed by atoms with E-state index in [1.54, 1.807) is 0 Å². The van der Waals surface area contributed by atoms with E-state index in [9.17, 15) is 9.59 Å². The number of ether oxygens (including phenoxy) is 2. The monoisotopic (exact) mass is 382 g/mol. The van der Waals surface area contributed by atoms with Crippen molar-refractivity contribution in [2.24, 2.45) is 0 Å².